The number of methoxy groups -OCH3 is 1. The van der Waals surface area contributed by atoms with Gasteiger partial charge in [0.2, 0.25) is 53.8 Å². The summed E-state index contributed by atoms with van der Waals surface area (Å²) < 4.78 is 74.0. The number of fused-ring (bicyclic) bond motifs is 14. The van der Waals surface area contributed by atoms with Crippen molar-refractivity contribution in [3.63, 3.8) is 0 Å². The minimum Gasteiger partial charge on any atom is -0.508 e. The van der Waals surface area contributed by atoms with Crippen LogP contribution in [0.15, 0.2) is 121 Å². The summed E-state index contributed by atoms with van der Waals surface area (Å²) in [5.41, 5.74) is 9.79. The van der Waals surface area contributed by atoms with Crippen molar-refractivity contribution in [2.45, 2.75) is 198 Å². The van der Waals surface area contributed by atoms with Gasteiger partial charge in [-0.25, -0.2) is 4.79 Å². The number of amides is 6. The van der Waals surface area contributed by atoms with Crippen LogP contribution in [0, 0.1) is 6.92 Å². The van der Waals surface area contributed by atoms with E-state index in [9.17, 15) is 91.3 Å². The Morgan fingerprint density at radius 2 is 0.984 bits per heavy atom. The molecule has 28 atom stereocenters. The van der Waals surface area contributed by atoms with Crippen molar-refractivity contribution in [2.75, 3.05) is 20.3 Å². The van der Waals surface area contributed by atoms with E-state index in [1.165, 1.54) is 81.4 Å². The first kappa shape index (κ1) is 90.0. The van der Waals surface area contributed by atoms with Crippen molar-refractivity contribution < 1.29 is 172 Å². The Labute approximate surface area is 718 Å². The van der Waals surface area contributed by atoms with Gasteiger partial charge in [0.1, 0.15) is 156 Å². The number of ether oxygens (including phenoxy) is 12. The lowest BCUT2D eigenvalue weighted by molar-refractivity contribution is -0.318. The lowest BCUT2D eigenvalue weighted by Gasteiger charge is -2.42. The third-order valence-electron chi connectivity index (χ3n) is 23.3. The number of hydrogen-bond acceptors (Lipinski definition) is 37. The highest BCUT2D eigenvalue weighted by atomic mass is 16.7. The SMILES string of the molecule is COC(=O)[C@H]1NC(=O)[C@H]2NC(=O)[C@H](NC(=O)[C@@H]3NC(=O)[C@H]4NC(=O)[C@H](NC(=O)[C@H](N)c5ccc(O)c(c5)Oc5cc4cc(O)c5C)[C@H](O)c4ccc(cc4)Oc4cc3cc(c4O[C@@H]3O[C@H](CO[C@@H]4O[C@@H](C)[C@H](O)[C@@H](O)[C@H]4O)[C@@H](O)[C@H](O)[C@H]3O)Oc3ccc(cc3)[C@H]2O[C@H]2C[C@@H](N)[C@@H](O)[C@H](C)O2)c2ccc(O)c(c2)-c2c(O[C@@H]3O[C@H](CO)[C@@H](O)[C@H](O)[C@@H]3O)cc(O)cc21. The second-order valence-electron chi connectivity index (χ2n) is 31.7. The Morgan fingerprint density at radius 3 is 1.62 bits per heavy atom. The highest BCUT2D eigenvalue weighted by molar-refractivity contribution is 6.00. The monoisotopic (exact) mass is 1770 g/mol. The van der Waals surface area contributed by atoms with E-state index < -0.39 is 305 Å². The molecular formula is C84H92N8O35. The number of hydrogen-bond donors (Lipinski definition) is 24. The Balaban J connectivity index is 0.966. The van der Waals surface area contributed by atoms with Crippen molar-refractivity contribution in [3.8, 4) is 80.1 Å². The van der Waals surface area contributed by atoms with Crippen LogP contribution in [0.2, 0.25) is 0 Å². The van der Waals surface area contributed by atoms with E-state index >= 15 is 24.0 Å². The zero-order valence-electron chi connectivity index (χ0n) is 67.4. The van der Waals surface area contributed by atoms with Crippen molar-refractivity contribution in [3.05, 3.63) is 166 Å². The summed E-state index contributed by atoms with van der Waals surface area (Å²) in [6.45, 7) is 2.35. The molecule has 7 aromatic rings. The van der Waals surface area contributed by atoms with Gasteiger partial charge < -0.3 is 182 Å². The summed E-state index contributed by atoms with van der Waals surface area (Å²) in [6.07, 6.45) is -37.1. The zero-order valence-corrected chi connectivity index (χ0v) is 67.4. The maximum absolute atomic E-state index is 16.9. The summed E-state index contributed by atoms with van der Waals surface area (Å²) in [6, 6.07) is 5.99. The summed E-state index contributed by atoms with van der Waals surface area (Å²) in [7, 11) is 0.901. The van der Waals surface area contributed by atoms with Gasteiger partial charge in [0.15, 0.2) is 41.6 Å². The molecule has 0 aliphatic carbocycles. The molecule has 0 unspecified atom stereocenters. The van der Waals surface area contributed by atoms with Crippen LogP contribution in [-0.4, -0.2) is 272 Å². The number of nitrogens with one attached hydrogen (secondary N) is 6. The van der Waals surface area contributed by atoms with Crippen LogP contribution in [0.5, 0.6) is 69.0 Å². The second-order valence-corrected chi connectivity index (χ2v) is 31.7. The van der Waals surface area contributed by atoms with Crippen molar-refractivity contribution >= 4 is 41.4 Å². The molecule has 10 aliphatic rings. The van der Waals surface area contributed by atoms with Gasteiger partial charge in [-0.3, -0.25) is 28.8 Å². The number of phenols is 4. The number of nitrogens with two attached hydrogens (primary N) is 2. The normalized spacial score (nSPS) is 33.3. The molecule has 43 heteroatoms. The molecule has 17 bridgehead atoms. The molecule has 0 radical (unpaired) electrons. The Kier molecular flexibility index (Phi) is 25.9. The third-order valence-corrected chi connectivity index (χ3v) is 23.3. The number of phenolic OH excluding ortho intramolecular Hbond substituents is 4. The zero-order chi connectivity index (χ0) is 90.9. The molecule has 4 fully saturated rings. The van der Waals surface area contributed by atoms with E-state index in [1.54, 1.807) is 0 Å². The first-order valence-corrected chi connectivity index (χ1v) is 40.0. The smallest absolute Gasteiger partial charge is 0.333 e. The van der Waals surface area contributed by atoms with Crippen molar-refractivity contribution in [1.82, 2.24) is 31.9 Å². The van der Waals surface area contributed by atoms with Gasteiger partial charge >= 0.3 is 5.97 Å². The molecule has 127 heavy (non-hydrogen) atoms. The molecule has 0 saturated carbocycles. The van der Waals surface area contributed by atoms with Gasteiger partial charge in [-0.2, -0.15) is 0 Å². The van der Waals surface area contributed by atoms with Crippen LogP contribution in [0.1, 0.15) is 107 Å². The largest absolute Gasteiger partial charge is 0.508 e. The van der Waals surface area contributed by atoms with E-state index in [4.69, 9.17) is 68.3 Å². The van der Waals surface area contributed by atoms with E-state index in [1.807, 2.05) is 0 Å². The topological polar surface area (TPSA) is 678 Å². The highest BCUT2D eigenvalue weighted by Crippen LogP contribution is 2.50. The highest BCUT2D eigenvalue weighted by Gasteiger charge is 2.52. The number of esters is 1. The molecule has 10 heterocycles. The number of benzene rings is 7. The summed E-state index contributed by atoms with van der Waals surface area (Å²) in [4.78, 5) is 111. The summed E-state index contributed by atoms with van der Waals surface area (Å²) in [5, 5.41) is 198. The van der Waals surface area contributed by atoms with Crippen LogP contribution in [0.3, 0.4) is 0 Å². The average Bonchev–Trinajstić information content (AvgIpc) is 0.744. The summed E-state index contributed by atoms with van der Waals surface area (Å²) >= 11 is 0. The fourth-order valence-electron chi connectivity index (χ4n) is 16.0. The van der Waals surface area contributed by atoms with Gasteiger partial charge in [0.05, 0.1) is 38.6 Å². The van der Waals surface area contributed by atoms with Gasteiger partial charge in [-0.15, -0.1) is 0 Å². The fraction of sp³-hybridized carbons (Fsp3) is 0.417. The Bertz CT molecular complexity index is 5330. The van der Waals surface area contributed by atoms with Crippen molar-refractivity contribution in [1.29, 1.82) is 0 Å². The standard InChI is InChI=1S/C84H92N8O35/c1-28-45(97)18-35-20-46(28)122-47-19-33(9-16-44(47)96)55(86)75(109)91-60-64(100)31-5-11-38(12-6-31)120-49-21-36-22-50(74(49)127-84-72(108)69(105)66(102)52(125-84)27-117-82-70(106)67(103)63(99)30(3)119-82)121-39-13-7-32(8-14-39)73(126-53-25-42(85)62(98)29(2)118-53)61-80(114)90-59(81(115)116-4)41-23-37(94)24-48(123-83-71(107)68(104)65(101)51(26-93)124-83)54(41)40-17-34(10-15-43(40)95)56(76(110)92-61)87-78(112)58(36)88-77(111)57(35)89-79(60)113/h5-24,29-30,42,51-53,55-73,82-84,93-108H,25-27,85-86H2,1-4H3,(H,87,112)(H,88,111)(H,89,113)(H,90,114)(H,91,109)(H,92,110)/t29-,30-,42+,51+,52+,53-,55+,56+,57-,58+,59-,60+,61-,62-,63-,64+,65+,66+,67+,68-,69-,70+,71-,72+,73+,82+,83+,84-/m0/s1. The molecule has 43 nitrogen and oxygen atoms in total. The van der Waals surface area contributed by atoms with Gasteiger partial charge in [0, 0.05) is 40.8 Å². The Morgan fingerprint density at radius 1 is 0.465 bits per heavy atom. The van der Waals surface area contributed by atoms with Gasteiger partial charge in [-0.05, 0) is 133 Å². The first-order chi connectivity index (χ1) is 60.4. The number of aliphatic hydroxyl groups excluding tert-OH is 12. The van der Waals surface area contributed by atoms with Gasteiger partial charge in [-0.1, -0.05) is 36.4 Å². The molecule has 17 rings (SSSR count). The quantitative estimate of drug-likeness (QED) is 0.0582. The number of carbonyl (C=O) groups is 7. The predicted octanol–water partition coefficient (Wildman–Crippen LogP) is -2.79. The maximum Gasteiger partial charge on any atom is 0.333 e. The van der Waals surface area contributed by atoms with Gasteiger partial charge in [0.25, 0.3) is 0 Å². The van der Waals surface area contributed by atoms with E-state index in [0.717, 1.165) is 67.8 Å². The number of carbonyl (C=O) groups excluding carboxylic acids is 7. The fourth-order valence-corrected chi connectivity index (χ4v) is 16.0. The molecular weight excluding hydrogens is 1680 g/mol. The number of aliphatic hydroxyl groups is 12. The molecule has 4 saturated heterocycles. The Hall–Kier alpha value is -11.8. The van der Waals surface area contributed by atoms with E-state index in [-0.39, 0.29) is 51.7 Å². The maximum atomic E-state index is 16.9. The predicted molar refractivity (Wildman–Crippen MR) is 424 cm³/mol. The van der Waals surface area contributed by atoms with E-state index in [0.29, 0.717) is 0 Å². The minimum absolute atomic E-state index is 0.0198. The molecule has 6 amide bonds. The third kappa shape index (κ3) is 17.9. The number of rotatable bonds is 11. The van der Waals surface area contributed by atoms with Crippen LogP contribution in [0.4, 0.5) is 0 Å². The average molecular weight is 1770 g/mol. The second kappa shape index (κ2) is 36.5. The van der Waals surface area contributed by atoms with Crippen LogP contribution in [0.25, 0.3) is 11.1 Å². The summed E-state index contributed by atoms with van der Waals surface area (Å²) in [5.74, 6) is -16.2. The molecule has 7 aromatic carbocycles. The lowest BCUT2D eigenvalue weighted by atomic mass is 9.89. The molecule has 10 aliphatic heterocycles. The minimum atomic E-state index is -2.46. The first-order valence-electron chi connectivity index (χ1n) is 40.0. The van der Waals surface area contributed by atoms with Crippen molar-refractivity contribution in [2.24, 2.45) is 11.5 Å². The van der Waals surface area contributed by atoms with Crippen LogP contribution in [-0.2, 0) is 66.7 Å². The molecule has 0 aromatic heterocycles. The van der Waals surface area contributed by atoms with E-state index in [2.05, 4.69) is 31.9 Å². The molecule has 0 spiro atoms. The lowest BCUT2D eigenvalue weighted by Crippen LogP contribution is -2.61. The van der Waals surface area contributed by atoms with Crippen LogP contribution < -0.4 is 67.1 Å². The van der Waals surface area contributed by atoms with Crippen LogP contribution >= 0.6 is 0 Å². The molecule has 26 N–H and O–H groups in total. The molecule has 678 valence electrons. The number of aromatic hydroxyl groups is 4.